The fraction of sp³-hybridized carbons (Fsp3) is 0.909. The zero-order chi connectivity index (χ0) is 10.8. The molecule has 1 rings (SSSR count). The van der Waals surface area contributed by atoms with Crippen molar-refractivity contribution in [1.82, 2.24) is 10.6 Å². The Kier molecular flexibility index (Phi) is 3.53. The number of carbonyl (C=O) groups is 1. The quantitative estimate of drug-likeness (QED) is 0.714. The molecule has 0 bridgehead atoms. The van der Waals surface area contributed by atoms with Crippen molar-refractivity contribution in [3.05, 3.63) is 0 Å². The van der Waals surface area contributed by atoms with Gasteiger partial charge in [0.25, 0.3) is 0 Å². The van der Waals surface area contributed by atoms with Gasteiger partial charge in [0.05, 0.1) is 0 Å². The molecule has 2 N–H and O–H groups in total. The summed E-state index contributed by atoms with van der Waals surface area (Å²) in [7, 11) is 0. The molecule has 1 fully saturated rings. The summed E-state index contributed by atoms with van der Waals surface area (Å²) >= 11 is 0. The van der Waals surface area contributed by atoms with Gasteiger partial charge in [0.2, 0.25) is 5.91 Å². The van der Waals surface area contributed by atoms with Gasteiger partial charge in [-0.1, -0.05) is 20.8 Å². The van der Waals surface area contributed by atoms with E-state index in [2.05, 4.69) is 38.3 Å². The van der Waals surface area contributed by atoms with E-state index in [1.54, 1.807) is 0 Å². The van der Waals surface area contributed by atoms with E-state index in [0.29, 0.717) is 12.3 Å². The van der Waals surface area contributed by atoms with Crippen molar-refractivity contribution in [2.75, 3.05) is 13.1 Å². The standard InChI is InChI=1S/C11H22N2O/c1-8(11(2,3)4)13-10(14)5-9-6-12-7-9/h8-9,12H,5-7H2,1-4H3,(H,13,14). The lowest BCUT2D eigenvalue weighted by Gasteiger charge is -2.30. The second kappa shape index (κ2) is 4.30. The summed E-state index contributed by atoms with van der Waals surface area (Å²) in [4.78, 5) is 11.6. The smallest absolute Gasteiger partial charge is 0.220 e. The number of nitrogens with one attached hydrogen (secondary N) is 2. The van der Waals surface area contributed by atoms with Crippen molar-refractivity contribution in [3.63, 3.8) is 0 Å². The third-order valence-corrected chi connectivity index (χ3v) is 3.02. The fourth-order valence-electron chi connectivity index (χ4n) is 1.27. The molecule has 1 atom stereocenters. The Bertz CT molecular complexity index is 204. The van der Waals surface area contributed by atoms with Crippen molar-refractivity contribution in [2.24, 2.45) is 11.3 Å². The molecule has 1 aliphatic rings. The van der Waals surface area contributed by atoms with E-state index in [1.165, 1.54) is 0 Å². The average Bonchev–Trinajstić information content (AvgIpc) is 1.95. The third kappa shape index (κ3) is 3.29. The Morgan fingerprint density at radius 2 is 2.07 bits per heavy atom. The van der Waals surface area contributed by atoms with Crippen LogP contribution in [0.5, 0.6) is 0 Å². The van der Waals surface area contributed by atoms with Crippen LogP contribution in [-0.4, -0.2) is 25.0 Å². The second-order valence-corrected chi connectivity index (χ2v) is 5.38. The Morgan fingerprint density at radius 1 is 1.50 bits per heavy atom. The van der Waals surface area contributed by atoms with Crippen LogP contribution in [0.1, 0.15) is 34.1 Å². The largest absolute Gasteiger partial charge is 0.353 e. The second-order valence-electron chi connectivity index (χ2n) is 5.38. The first-order valence-electron chi connectivity index (χ1n) is 5.39. The maximum atomic E-state index is 11.6. The molecule has 0 spiro atoms. The monoisotopic (exact) mass is 198 g/mol. The molecule has 1 aliphatic heterocycles. The Hall–Kier alpha value is -0.570. The van der Waals surface area contributed by atoms with Gasteiger partial charge in [0, 0.05) is 12.5 Å². The van der Waals surface area contributed by atoms with Crippen LogP contribution in [-0.2, 0) is 4.79 Å². The zero-order valence-corrected chi connectivity index (χ0v) is 9.68. The van der Waals surface area contributed by atoms with E-state index in [-0.39, 0.29) is 17.4 Å². The molecule has 14 heavy (non-hydrogen) atoms. The molecule has 0 aliphatic carbocycles. The topological polar surface area (TPSA) is 41.1 Å². The molecule has 0 aromatic carbocycles. The van der Waals surface area contributed by atoms with Gasteiger partial charge in [-0.3, -0.25) is 4.79 Å². The summed E-state index contributed by atoms with van der Waals surface area (Å²) in [5, 5.41) is 6.22. The first kappa shape index (κ1) is 11.5. The van der Waals surface area contributed by atoms with E-state index < -0.39 is 0 Å². The first-order valence-corrected chi connectivity index (χ1v) is 5.39. The van der Waals surface area contributed by atoms with Gasteiger partial charge in [-0.05, 0) is 31.3 Å². The highest BCUT2D eigenvalue weighted by Gasteiger charge is 2.24. The number of rotatable bonds is 3. The molecule has 0 radical (unpaired) electrons. The predicted octanol–water partition coefficient (Wildman–Crippen LogP) is 1.15. The Labute approximate surface area is 86.6 Å². The molecule has 0 aromatic rings. The summed E-state index contributed by atoms with van der Waals surface area (Å²) < 4.78 is 0. The van der Waals surface area contributed by atoms with Crippen LogP contribution in [0.3, 0.4) is 0 Å². The van der Waals surface area contributed by atoms with Gasteiger partial charge in [0.15, 0.2) is 0 Å². The molecule has 1 heterocycles. The molecular formula is C11H22N2O. The van der Waals surface area contributed by atoms with Crippen LogP contribution >= 0.6 is 0 Å². The number of hydrogen-bond donors (Lipinski definition) is 2. The lowest BCUT2D eigenvalue weighted by atomic mass is 9.87. The lowest BCUT2D eigenvalue weighted by Crippen LogP contribution is -2.47. The van der Waals surface area contributed by atoms with Crippen molar-refractivity contribution in [3.8, 4) is 0 Å². The Morgan fingerprint density at radius 3 is 2.43 bits per heavy atom. The lowest BCUT2D eigenvalue weighted by molar-refractivity contribution is -0.123. The fourth-order valence-corrected chi connectivity index (χ4v) is 1.27. The van der Waals surface area contributed by atoms with Crippen LogP contribution in [0.4, 0.5) is 0 Å². The van der Waals surface area contributed by atoms with E-state index in [1.807, 2.05) is 0 Å². The van der Waals surface area contributed by atoms with Crippen LogP contribution in [0, 0.1) is 11.3 Å². The molecule has 1 saturated heterocycles. The third-order valence-electron chi connectivity index (χ3n) is 3.02. The van der Waals surface area contributed by atoms with Crippen molar-refractivity contribution < 1.29 is 4.79 Å². The highest BCUT2D eigenvalue weighted by molar-refractivity contribution is 5.76. The van der Waals surface area contributed by atoms with Crippen LogP contribution < -0.4 is 10.6 Å². The highest BCUT2D eigenvalue weighted by atomic mass is 16.1. The molecular weight excluding hydrogens is 176 g/mol. The summed E-state index contributed by atoms with van der Waals surface area (Å²) in [5.41, 5.74) is 0.146. The molecule has 1 amide bonds. The minimum absolute atomic E-state index is 0.146. The van der Waals surface area contributed by atoms with Crippen molar-refractivity contribution >= 4 is 5.91 Å². The molecule has 3 nitrogen and oxygen atoms in total. The molecule has 82 valence electrons. The maximum absolute atomic E-state index is 11.6. The van der Waals surface area contributed by atoms with Crippen molar-refractivity contribution in [2.45, 2.75) is 40.2 Å². The number of amides is 1. The molecule has 0 saturated carbocycles. The minimum Gasteiger partial charge on any atom is -0.353 e. The first-order chi connectivity index (χ1) is 6.39. The van der Waals surface area contributed by atoms with E-state index in [9.17, 15) is 4.79 Å². The summed E-state index contributed by atoms with van der Waals surface area (Å²) in [5.74, 6) is 0.751. The molecule has 1 unspecified atom stereocenters. The summed E-state index contributed by atoms with van der Waals surface area (Å²) in [6, 6.07) is 0.239. The average molecular weight is 198 g/mol. The normalized spacial score (nSPS) is 20.0. The van der Waals surface area contributed by atoms with E-state index >= 15 is 0 Å². The van der Waals surface area contributed by atoms with Gasteiger partial charge in [-0.2, -0.15) is 0 Å². The molecule has 3 heteroatoms. The van der Waals surface area contributed by atoms with Crippen LogP contribution in [0.2, 0.25) is 0 Å². The number of carbonyl (C=O) groups excluding carboxylic acids is 1. The van der Waals surface area contributed by atoms with Crippen LogP contribution in [0.15, 0.2) is 0 Å². The van der Waals surface area contributed by atoms with Crippen molar-refractivity contribution in [1.29, 1.82) is 0 Å². The highest BCUT2D eigenvalue weighted by Crippen LogP contribution is 2.19. The van der Waals surface area contributed by atoms with Crippen LogP contribution in [0.25, 0.3) is 0 Å². The summed E-state index contributed by atoms with van der Waals surface area (Å²) in [6.45, 7) is 10.5. The van der Waals surface area contributed by atoms with Gasteiger partial charge >= 0.3 is 0 Å². The van der Waals surface area contributed by atoms with Gasteiger partial charge < -0.3 is 10.6 Å². The van der Waals surface area contributed by atoms with E-state index in [0.717, 1.165) is 13.1 Å². The SMILES string of the molecule is CC(NC(=O)CC1CNC1)C(C)(C)C. The number of hydrogen-bond acceptors (Lipinski definition) is 2. The van der Waals surface area contributed by atoms with Gasteiger partial charge in [0.1, 0.15) is 0 Å². The predicted molar refractivity (Wildman–Crippen MR) is 58.0 cm³/mol. The zero-order valence-electron chi connectivity index (χ0n) is 9.68. The summed E-state index contributed by atoms with van der Waals surface area (Å²) in [6.07, 6.45) is 0.674. The van der Waals surface area contributed by atoms with Gasteiger partial charge in [-0.25, -0.2) is 0 Å². The minimum atomic E-state index is 0.146. The Balaban J connectivity index is 2.25. The van der Waals surface area contributed by atoms with Gasteiger partial charge in [-0.15, -0.1) is 0 Å². The maximum Gasteiger partial charge on any atom is 0.220 e. The molecule has 0 aromatic heterocycles. The van der Waals surface area contributed by atoms with E-state index in [4.69, 9.17) is 0 Å².